The highest BCUT2D eigenvalue weighted by Gasteiger charge is 2.13. The Bertz CT molecular complexity index is 333. The van der Waals surface area contributed by atoms with Gasteiger partial charge in [-0.05, 0) is 0 Å². The summed E-state index contributed by atoms with van der Waals surface area (Å²) in [5.74, 6) is 0. The molecule has 0 spiro atoms. The van der Waals surface area contributed by atoms with Crippen molar-refractivity contribution < 1.29 is 33.9 Å². The predicted molar refractivity (Wildman–Crippen MR) is 45.0 cm³/mol. The zero-order valence-electron chi connectivity index (χ0n) is 8.34. The standard InChI is InChI=1S/C9H10N2.ClHO4/c1-2-5-9(6-3-1)11-8-4-7-10-11;2-1(3,4)5/h1-3,5-7H,4,8H2;(H,2,3,4,5). The van der Waals surface area contributed by atoms with E-state index in [9.17, 15) is 0 Å². The molecule has 1 heterocycles. The largest absolute Gasteiger partial charge is 0.222 e. The molecule has 0 aliphatic carbocycles. The van der Waals surface area contributed by atoms with E-state index < -0.39 is 10.2 Å². The quantitative estimate of drug-likeness (QED) is 0.542. The molecular weight excluding hydrogens is 236 g/mol. The fourth-order valence-corrected chi connectivity index (χ4v) is 1.29. The van der Waals surface area contributed by atoms with Crippen LogP contribution in [0.25, 0.3) is 0 Å². The molecule has 1 aliphatic rings. The van der Waals surface area contributed by atoms with Gasteiger partial charge >= 0.3 is 0 Å². The predicted octanol–water partition coefficient (Wildman–Crippen LogP) is -4.16. The third-order valence-electron chi connectivity index (χ3n) is 1.86. The molecule has 1 aromatic carbocycles. The number of nitrogens with one attached hydrogen (secondary N) is 1. The Morgan fingerprint density at radius 3 is 2.06 bits per heavy atom. The first-order chi connectivity index (χ1) is 7.47. The summed E-state index contributed by atoms with van der Waals surface area (Å²) in [7, 11) is -4.94. The molecule has 1 unspecified atom stereocenters. The molecule has 0 saturated carbocycles. The van der Waals surface area contributed by atoms with E-state index in [1.54, 1.807) is 0 Å². The van der Waals surface area contributed by atoms with Gasteiger partial charge < -0.3 is 0 Å². The van der Waals surface area contributed by atoms with Crippen LogP contribution in [0.3, 0.4) is 0 Å². The second-order valence-corrected chi connectivity index (χ2v) is 3.80. The highest BCUT2D eigenvalue weighted by Crippen LogP contribution is 1.99. The van der Waals surface area contributed by atoms with E-state index in [1.807, 2.05) is 12.3 Å². The van der Waals surface area contributed by atoms with Crippen LogP contribution in [0.1, 0.15) is 6.42 Å². The third kappa shape index (κ3) is 5.76. The monoisotopic (exact) mass is 246 g/mol. The maximum atomic E-state index is 8.49. The first kappa shape index (κ1) is 13.0. The lowest BCUT2D eigenvalue weighted by molar-refractivity contribution is -2.00. The van der Waals surface area contributed by atoms with E-state index in [0.717, 1.165) is 13.0 Å². The summed E-state index contributed by atoms with van der Waals surface area (Å²) in [5, 5.41) is 5.52. The first-order valence-corrected chi connectivity index (χ1v) is 5.76. The van der Waals surface area contributed by atoms with Gasteiger partial charge in [0.15, 0.2) is 5.69 Å². The Labute approximate surface area is 94.8 Å². The van der Waals surface area contributed by atoms with Crippen LogP contribution >= 0.6 is 0 Å². The molecule has 1 atom stereocenters. The number of para-hydroxylation sites is 1. The minimum atomic E-state index is -4.94. The zero-order valence-corrected chi connectivity index (χ0v) is 9.09. The van der Waals surface area contributed by atoms with Crippen LogP contribution < -0.4 is 23.6 Å². The number of nitrogens with zero attached hydrogens (tertiary/aromatic N) is 1. The van der Waals surface area contributed by atoms with Gasteiger partial charge in [-0.25, -0.2) is 18.6 Å². The lowest BCUT2D eigenvalue weighted by Gasteiger charge is -2.17. The molecule has 0 fully saturated rings. The summed E-state index contributed by atoms with van der Waals surface area (Å²) < 4.78 is 34.0. The number of hydrogen-bond acceptors (Lipinski definition) is 5. The lowest BCUT2D eigenvalue weighted by Crippen LogP contribution is -3.00. The molecule has 1 aromatic rings. The zero-order chi connectivity index (χ0) is 12.0. The molecule has 7 heteroatoms. The second kappa shape index (κ2) is 5.90. The van der Waals surface area contributed by atoms with Crippen molar-refractivity contribution in [2.45, 2.75) is 6.42 Å². The van der Waals surface area contributed by atoms with Gasteiger partial charge in [-0.15, -0.1) is 10.2 Å². The summed E-state index contributed by atoms with van der Waals surface area (Å²) in [6.45, 7) is 1.10. The van der Waals surface area contributed by atoms with E-state index in [2.05, 4.69) is 29.4 Å². The summed E-state index contributed by atoms with van der Waals surface area (Å²) >= 11 is 0. The number of rotatable bonds is 1. The van der Waals surface area contributed by atoms with Gasteiger partial charge in [0.1, 0.15) is 6.54 Å². The SMILES string of the molecule is C1=N[NH+](c2ccccc2)CC1.[O-][Cl+3]([O-])([O-])[O-]. The fraction of sp³-hybridized carbons (Fsp3) is 0.222. The van der Waals surface area contributed by atoms with Crippen LogP contribution in [0.2, 0.25) is 0 Å². The molecule has 6 nitrogen and oxygen atoms in total. The van der Waals surface area contributed by atoms with Crippen molar-refractivity contribution in [2.24, 2.45) is 5.10 Å². The van der Waals surface area contributed by atoms with E-state index >= 15 is 0 Å². The maximum Gasteiger partial charge on any atom is 0.157 e. The van der Waals surface area contributed by atoms with Crippen molar-refractivity contribution in [3.63, 3.8) is 0 Å². The highest BCUT2D eigenvalue weighted by molar-refractivity contribution is 5.57. The molecule has 88 valence electrons. The molecule has 0 bridgehead atoms. The Morgan fingerprint density at radius 1 is 1.06 bits per heavy atom. The van der Waals surface area contributed by atoms with Crippen LogP contribution in [0.15, 0.2) is 35.4 Å². The second-order valence-electron chi connectivity index (χ2n) is 3.04. The van der Waals surface area contributed by atoms with Crippen LogP contribution in [-0.4, -0.2) is 12.8 Å². The maximum absolute atomic E-state index is 8.49. The van der Waals surface area contributed by atoms with Gasteiger partial charge in [-0.3, -0.25) is 0 Å². The third-order valence-corrected chi connectivity index (χ3v) is 1.86. The van der Waals surface area contributed by atoms with Crippen molar-refractivity contribution in [2.75, 3.05) is 6.54 Å². The van der Waals surface area contributed by atoms with Gasteiger partial charge in [0.05, 0.1) is 6.21 Å². The first-order valence-electron chi connectivity index (χ1n) is 4.52. The molecular formula is C9H11ClN2O4. The van der Waals surface area contributed by atoms with Crippen LogP contribution in [-0.2, 0) is 0 Å². The summed E-state index contributed by atoms with van der Waals surface area (Å²) in [6.07, 6.45) is 3.09. The van der Waals surface area contributed by atoms with Crippen molar-refractivity contribution in [3.8, 4) is 0 Å². The van der Waals surface area contributed by atoms with Gasteiger partial charge in [-0.2, -0.15) is 5.01 Å². The van der Waals surface area contributed by atoms with E-state index in [-0.39, 0.29) is 0 Å². The molecule has 1 aliphatic heterocycles. The molecule has 0 radical (unpaired) electrons. The smallest absolute Gasteiger partial charge is 0.157 e. The molecule has 0 aromatic heterocycles. The van der Waals surface area contributed by atoms with E-state index in [4.69, 9.17) is 18.6 Å². The van der Waals surface area contributed by atoms with Crippen molar-refractivity contribution in [1.29, 1.82) is 0 Å². The van der Waals surface area contributed by atoms with Crippen LogP contribution in [0, 0.1) is 10.2 Å². The number of quaternary nitrogens is 1. The summed E-state index contributed by atoms with van der Waals surface area (Å²) in [6, 6.07) is 10.4. The van der Waals surface area contributed by atoms with E-state index in [0.29, 0.717) is 0 Å². The minimum absolute atomic E-state index is 1.10. The molecule has 0 amide bonds. The Morgan fingerprint density at radius 2 is 1.62 bits per heavy atom. The van der Waals surface area contributed by atoms with Gasteiger partial charge in [-0.1, -0.05) is 23.3 Å². The van der Waals surface area contributed by atoms with Crippen LogP contribution in [0.5, 0.6) is 0 Å². The van der Waals surface area contributed by atoms with E-state index in [1.165, 1.54) is 10.7 Å². The molecule has 16 heavy (non-hydrogen) atoms. The van der Waals surface area contributed by atoms with Gasteiger partial charge in [0, 0.05) is 18.6 Å². The highest BCUT2D eigenvalue weighted by atomic mass is 35.7. The summed E-state index contributed by atoms with van der Waals surface area (Å²) in [5.41, 5.74) is 1.27. The molecule has 0 saturated heterocycles. The fourth-order valence-electron chi connectivity index (χ4n) is 1.29. The normalized spacial score (nSPS) is 19.1. The van der Waals surface area contributed by atoms with Crippen molar-refractivity contribution in [1.82, 2.24) is 0 Å². The molecule has 2 rings (SSSR count). The topological polar surface area (TPSA) is 109 Å². The number of hydrogen-bond donors (Lipinski definition) is 1. The van der Waals surface area contributed by atoms with Crippen molar-refractivity contribution in [3.05, 3.63) is 30.3 Å². The van der Waals surface area contributed by atoms with Gasteiger partial charge in [0.25, 0.3) is 0 Å². The van der Waals surface area contributed by atoms with Crippen molar-refractivity contribution >= 4 is 11.9 Å². The van der Waals surface area contributed by atoms with Crippen LogP contribution in [0.4, 0.5) is 5.69 Å². The minimum Gasteiger partial charge on any atom is -0.222 e. The average Bonchev–Trinajstić information content (AvgIpc) is 2.69. The average molecular weight is 247 g/mol. The molecule has 1 N–H and O–H groups in total. The number of halogens is 1. The Hall–Kier alpha value is -1.02. The van der Waals surface area contributed by atoms with Gasteiger partial charge in [0.2, 0.25) is 0 Å². The lowest BCUT2D eigenvalue weighted by atomic mass is 10.3. The Kier molecular flexibility index (Phi) is 4.81. The summed E-state index contributed by atoms with van der Waals surface area (Å²) in [4.78, 5) is 0. The number of benzene rings is 1. The Balaban J connectivity index is 0.000000221.